The first-order valence-corrected chi connectivity index (χ1v) is 7.49. The molecule has 0 saturated carbocycles. The molecule has 0 aliphatic rings. The van der Waals surface area contributed by atoms with Gasteiger partial charge in [0.15, 0.2) is 0 Å². The van der Waals surface area contributed by atoms with Crippen molar-refractivity contribution in [3.05, 3.63) is 21.7 Å². The predicted molar refractivity (Wildman–Crippen MR) is 79.7 cm³/mol. The van der Waals surface area contributed by atoms with Crippen LogP contribution in [-0.4, -0.2) is 39.2 Å². The number of H-pyrrole nitrogens is 1. The molecular formula is C13H19N3O4S. The number of carbonyl (C=O) groups excluding carboxylic acids is 1. The number of aryl methyl sites for hydroxylation is 1. The Hall–Kier alpha value is -1.83. The number of rotatable bonds is 4. The van der Waals surface area contributed by atoms with Gasteiger partial charge >= 0.3 is 11.7 Å². The van der Waals surface area contributed by atoms with Crippen molar-refractivity contribution in [1.82, 2.24) is 15.3 Å². The molecule has 0 radical (unpaired) electrons. The maximum atomic E-state index is 12.4. The molecule has 1 amide bonds. The van der Waals surface area contributed by atoms with Gasteiger partial charge in [0, 0.05) is 5.69 Å². The Morgan fingerprint density at radius 3 is 2.38 bits per heavy atom. The minimum atomic E-state index is -1.11. The number of aromatic amines is 1. The lowest BCUT2D eigenvalue weighted by Crippen LogP contribution is -2.49. The molecule has 0 fully saturated rings. The summed E-state index contributed by atoms with van der Waals surface area (Å²) in [6, 6.07) is -1.05. The van der Waals surface area contributed by atoms with Crippen LogP contribution in [-0.2, 0) is 4.79 Å². The molecule has 0 aromatic carbocycles. The highest BCUT2D eigenvalue weighted by Gasteiger charge is 2.33. The van der Waals surface area contributed by atoms with Gasteiger partial charge in [-0.2, -0.15) is 4.98 Å². The highest BCUT2D eigenvalue weighted by atomic mass is 32.2. The fourth-order valence-electron chi connectivity index (χ4n) is 1.83. The van der Waals surface area contributed by atoms with Gasteiger partial charge in [-0.05, 0) is 18.6 Å². The molecule has 0 saturated heterocycles. The smallest absolute Gasteiger partial charge is 0.346 e. The van der Waals surface area contributed by atoms with E-state index in [4.69, 9.17) is 0 Å². The summed E-state index contributed by atoms with van der Waals surface area (Å²) in [6.07, 6.45) is 1.69. The zero-order chi connectivity index (χ0) is 16.4. The molecule has 1 heterocycles. The molecule has 0 aliphatic heterocycles. The number of aliphatic carboxylic acids is 1. The number of carboxylic acids is 1. The fraction of sp³-hybridized carbons (Fsp3) is 0.538. The number of carbonyl (C=O) groups is 2. The zero-order valence-electron chi connectivity index (χ0n) is 12.6. The van der Waals surface area contributed by atoms with Gasteiger partial charge in [-0.3, -0.25) is 4.79 Å². The number of nitrogens with one attached hydrogen (secondary N) is 2. The van der Waals surface area contributed by atoms with E-state index in [-0.39, 0.29) is 10.6 Å². The average Bonchev–Trinajstić information content (AvgIpc) is 2.32. The quantitative estimate of drug-likeness (QED) is 0.565. The van der Waals surface area contributed by atoms with Crippen LogP contribution in [0.2, 0.25) is 0 Å². The Labute approximate surface area is 126 Å². The van der Waals surface area contributed by atoms with Crippen LogP contribution < -0.4 is 11.0 Å². The molecule has 7 nitrogen and oxygen atoms in total. The van der Waals surface area contributed by atoms with Crippen molar-refractivity contribution >= 4 is 23.6 Å². The summed E-state index contributed by atoms with van der Waals surface area (Å²) in [7, 11) is 0. The summed E-state index contributed by atoms with van der Waals surface area (Å²) in [5.41, 5.74) is -0.642. The summed E-state index contributed by atoms with van der Waals surface area (Å²) in [4.78, 5) is 41.2. The predicted octanol–water partition coefficient (Wildman–Crippen LogP) is 1.03. The molecular weight excluding hydrogens is 294 g/mol. The van der Waals surface area contributed by atoms with E-state index >= 15 is 0 Å². The van der Waals surface area contributed by atoms with Gasteiger partial charge in [-0.15, -0.1) is 11.8 Å². The Kier molecular flexibility index (Phi) is 5.16. The third-order valence-corrected chi connectivity index (χ3v) is 3.58. The van der Waals surface area contributed by atoms with E-state index in [2.05, 4.69) is 15.3 Å². The molecule has 21 heavy (non-hydrogen) atoms. The van der Waals surface area contributed by atoms with E-state index in [1.165, 1.54) is 0 Å². The van der Waals surface area contributed by atoms with Crippen LogP contribution in [0.5, 0.6) is 0 Å². The van der Waals surface area contributed by atoms with Crippen molar-refractivity contribution < 1.29 is 14.7 Å². The van der Waals surface area contributed by atoms with Crippen LogP contribution in [0.1, 0.15) is 36.8 Å². The van der Waals surface area contributed by atoms with Gasteiger partial charge in [0.1, 0.15) is 11.1 Å². The average molecular weight is 313 g/mol. The summed E-state index contributed by atoms with van der Waals surface area (Å²) < 4.78 is 0. The number of thioether (sulfide) groups is 1. The summed E-state index contributed by atoms with van der Waals surface area (Å²) >= 11 is 1.16. The minimum Gasteiger partial charge on any atom is -0.480 e. The molecule has 1 rings (SSSR count). The van der Waals surface area contributed by atoms with Crippen molar-refractivity contribution in [3.8, 4) is 0 Å². The number of amides is 1. The second-order valence-corrected chi connectivity index (χ2v) is 6.46. The Morgan fingerprint density at radius 2 is 1.95 bits per heavy atom. The first-order chi connectivity index (χ1) is 9.57. The molecule has 8 heteroatoms. The molecule has 116 valence electrons. The van der Waals surface area contributed by atoms with Gasteiger partial charge < -0.3 is 15.4 Å². The number of hydrogen-bond acceptors (Lipinski definition) is 5. The molecule has 1 unspecified atom stereocenters. The van der Waals surface area contributed by atoms with Crippen LogP contribution in [0.4, 0.5) is 0 Å². The van der Waals surface area contributed by atoms with Gasteiger partial charge in [0.25, 0.3) is 5.91 Å². The van der Waals surface area contributed by atoms with Crippen molar-refractivity contribution in [3.63, 3.8) is 0 Å². The number of hydrogen-bond donors (Lipinski definition) is 3. The monoisotopic (exact) mass is 313 g/mol. The van der Waals surface area contributed by atoms with Crippen LogP contribution in [0.25, 0.3) is 0 Å². The topological polar surface area (TPSA) is 112 Å². The lowest BCUT2D eigenvalue weighted by molar-refractivity contribution is -0.142. The van der Waals surface area contributed by atoms with Crippen LogP contribution >= 0.6 is 11.8 Å². The SMILES string of the molecule is CSc1nc(=O)[nH]c(C)c1C(=O)NC(C(=O)O)C(C)(C)C. The maximum Gasteiger partial charge on any atom is 0.346 e. The third kappa shape index (κ3) is 4.07. The highest BCUT2D eigenvalue weighted by molar-refractivity contribution is 7.98. The van der Waals surface area contributed by atoms with Crippen molar-refractivity contribution in [1.29, 1.82) is 0 Å². The van der Waals surface area contributed by atoms with Crippen LogP contribution in [0, 0.1) is 12.3 Å². The number of carboxylic acid groups (broad SMARTS) is 1. The van der Waals surface area contributed by atoms with Crippen molar-refractivity contribution in [2.75, 3.05) is 6.26 Å². The number of nitrogens with zero attached hydrogens (tertiary/aromatic N) is 1. The van der Waals surface area contributed by atoms with Crippen LogP contribution in [0.15, 0.2) is 9.82 Å². The molecule has 1 atom stereocenters. The standard InChI is InChI=1S/C13H19N3O4S/c1-6-7(10(21-5)16-12(20)14-6)9(17)15-8(11(18)19)13(2,3)4/h8H,1-5H3,(H,15,17)(H,18,19)(H,14,16,20). The Balaban J connectivity index is 3.21. The lowest BCUT2D eigenvalue weighted by atomic mass is 9.86. The normalized spacial score (nSPS) is 12.8. The minimum absolute atomic E-state index is 0.192. The van der Waals surface area contributed by atoms with Crippen molar-refractivity contribution in [2.24, 2.45) is 5.41 Å². The largest absolute Gasteiger partial charge is 0.480 e. The number of aromatic nitrogens is 2. The molecule has 1 aromatic heterocycles. The van der Waals surface area contributed by atoms with E-state index in [1.807, 2.05) is 0 Å². The Morgan fingerprint density at radius 1 is 1.38 bits per heavy atom. The lowest BCUT2D eigenvalue weighted by Gasteiger charge is -2.28. The summed E-state index contributed by atoms with van der Waals surface area (Å²) in [5, 5.41) is 12.0. The highest BCUT2D eigenvalue weighted by Crippen LogP contribution is 2.22. The summed E-state index contributed by atoms with van der Waals surface area (Å²) in [5.74, 6) is -1.68. The van der Waals surface area contributed by atoms with Crippen molar-refractivity contribution in [2.45, 2.75) is 38.8 Å². The first-order valence-electron chi connectivity index (χ1n) is 6.26. The Bertz CT molecular complexity index is 619. The van der Waals surface area contributed by atoms with Gasteiger partial charge in [0.2, 0.25) is 0 Å². The van der Waals surface area contributed by atoms with E-state index in [9.17, 15) is 19.5 Å². The van der Waals surface area contributed by atoms with E-state index < -0.39 is 29.0 Å². The molecule has 1 aromatic rings. The molecule has 0 bridgehead atoms. The van der Waals surface area contributed by atoms with E-state index in [0.29, 0.717) is 5.69 Å². The van der Waals surface area contributed by atoms with E-state index in [0.717, 1.165) is 11.8 Å². The second-order valence-electron chi connectivity index (χ2n) is 5.66. The molecule has 0 spiro atoms. The van der Waals surface area contributed by atoms with Gasteiger partial charge in [0.05, 0.1) is 5.56 Å². The van der Waals surface area contributed by atoms with E-state index in [1.54, 1.807) is 34.0 Å². The maximum absolute atomic E-state index is 12.4. The fourth-order valence-corrected chi connectivity index (χ4v) is 2.45. The molecule has 3 N–H and O–H groups in total. The first kappa shape index (κ1) is 17.2. The second kappa shape index (κ2) is 6.30. The van der Waals surface area contributed by atoms with Crippen LogP contribution in [0.3, 0.4) is 0 Å². The summed E-state index contributed by atoms with van der Waals surface area (Å²) in [6.45, 7) is 6.74. The zero-order valence-corrected chi connectivity index (χ0v) is 13.4. The third-order valence-electron chi connectivity index (χ3n) is 2.90. The van der Waals surface area contributed by atoms with Gasteiger partial charge in [-0.25, -0.2) is 9.59 Å². The molecule has 0 aliphatic carbocycles. The van der Waals surface area contributed by atoms with Gasteiger partial charge in [-0.1, -0.05) is 20.8 Å².